The number of hydroxylamine groups is 2. The van der Waals surface area contributed by atoms with Crippen molar-refractivity contribution < 1.29 is 9.63 Å². The Morgan fingerprint density at radius 1 is 1.85 bits per heavy atom. The maximum atomic E-state index is 11.3. The van der Waals surface area contributed by atoms with E-state index >= 15 is 0 Å². The van der Waals surface area contributed by atoms with Crippen LogP contribution >= 0.6 is 11.3 Å². The van der Waals surface area contributed by atoms with Crippen molar-refractivity contribution in [1.29, 1.82) is 0 Å². The van der Waals surface area contributed by atoms with Crippen molar-refractivity contribution in [2.75, 3.05) is 19.9 Å². The van der Waals surface area contributed by atoms with E-state index in [9.17, 15) is 4.79 Å². The van der Waals surface area contributed by atoms with Gasteiger partial charge in [-0.2, -0.15) is 0 Å². The largest absolute Gasteiger partial charge is 0.375 e. The molecule has 0 saturated heterocycles. The number of hydrogen-bond donors (Lipinski definition) is 1. The van der Waals surface area contributed by atoms with Crippen LogP contribution < -0.4 is 5.73 Å². The summed E-state index contributed by atoms with van der Waals surface area (Å²) in [5.41, 5.74) is 6.09. The van der Waals surface area contributed by atoms with E-state index in [1.807, 2.05) is 0 Å². The maximum absolute atomic E-state index is 11.3. The average molecular weight is 201 g/mol. The molecule has 1 amide bonds. The number of carbonyl (C=O) groups excluding carboxylic acids is 1. The van der Waals surface area contributed by atoms with Gasteiger partial charge in [0.1, 0.15) is 0 Å². The SMILES string of the molecule is CON(C)C(=O)Cc1csc(N)n1. The van der Waals surface area contributed by atoms with E-state index in [4.69, 9.17) is 10.6 Å². The lowest BCUT2D eigenvalue weighted by atomic mass is 10.3. The van der Waals surface area contributed by atoms with Crippen LogP contribution in [0, 0.1) is 0 Å². The lowest BCUT2D eigenvalue weighted by Crippen LogP contribution is -2.27. The Morgan fingerprint density at radius 2 is 2.54 bits per heavy atom. The van der Waals surface area contributed by atoms with E-state index in [1.54, 1.807) is 12.4 Å². The Bertz CT molecular complexity index is 300. The van der Waals surface area contributed by atoms with Crippen molar-refractivity contribution in [1.82, 2.24) is 10.0 Å². The Labute approximate surface area is 80.1 Å². The van der Waals surface area contributed by atoms with Gasteiger partial charge in [0.2, 0.25) is 0 Å². The number of rotatable bonds is 3. The second kappa shape index (κ2) is 4.20. The smallest absolute Gasteiger partial charge is 0.251 e. The first-order chi connectivity index (χ1) is 6.13. The minimum atomic E-state index is -0.146. The highest BCUT2D eigenvalue weighted by Gasteiger charge is 2.10. The lowest BCUT2D eigenvalue weighted by molar-refractivity contribution is -0.167. The fraction of sp³-hybridized carbons (Fsp3) is 0.429. The van der Waals surface area contributed by atoms with Crippen molar-refractivity contribution in [3.63, 3.8) is 0 Å². The number of thiazole rings is 1. The van der Waals surface area contributed by atoms with Gasteiger partial charge >= 0.3 is 0 Å². The molecule has 1 heterocycles. The summed E-state index contributed by atoms with van der Waals surface area (Å²) in [6.45, 7) is 0. The number of hydrogen-bond acceptors (Lipinski definition) is 5. The molecule has 1 aromatic heterocycles. The van der Waals surface area contributed by atoms with Gasteiger partial charge in [-0.1, -0.05) is 0 Å². The summed E-state index contributed by atoms with van der Waals surface area (Å²) in [5.74, 6) is -0.146. The predicted octanol–water partition coefficient (Wildman–Crippen LogP) is 0.288. The number of likely N-dealkylation sites (N-methyl/N-ethyl adjacent to an activating group) is 1. The first-order valence-corrected chi connectivity index (χ1v) is 4.52. The average Bonchev–Trinajstić information content (AvgIpc) is 2.49. The zero-order chi connectivity index (χ0) is 9.84. The van der Waals surface area contributed by atoms with Crippen molar-refractivity contribution in [3.05, 3.63) is 11.1 Å². The van der Waals surface area contributed by atoms with Crippen LogP contribution in [0.25, 0.3) is 0 Å². The summed E-state index contributed by atoms with van der Waals surface area (Å²) >= 11 is 1.32. The van der Waals surface area contributed by atoms with Crippen LogP contribution in [0.15, 0.2) is 5.38 Å². The quantitative estimate of drug-likeness (QED) is 0.713. The molecule has 0 unspecified atom stereocenters. The van der Waals surface area contributed by atoms with Crippen molar-refractivity contribution in [2.24, 2.45) is 0 Å². The van der Waals surface area contributed by atoms with Crippen LogP contribution in [0.4, 0.5) is 5.13 Å². The molecule has 1 aromatic rings. The Kier molecular flexibility index (Phi) is 3.21. The molecule has 1 rings (SSSR count). The van der Waals surface area contributed by atoms with Gasteiger partial charge in [0.15, 0.2) is 5.13 Å². The highest BCUT2D eigenvalue weighted by atomic mass is 32.1. The van der Waals surface area contributed by atoms with Gasteiger partial charge in [0.05, 0.1) is 19.2 Å². The van der Waals surface area contributed by atoms with Crippen molar-refractivity contribution in [3.8, 4) is 0 Å². The summed E-state index contributed by atoms with van der Waals surface area (Å²) in [6, 6.07) is 0. The number of carbonyl (C=O) groups is 1. The molecule has 0 atom stereocenters. The molecule has 6 heteroatoms. The lowest BCUT2D eigenvalue weighted by Gasteiger charge is -2.11. The number of aromatic nitrogens is 1. The fourth-order valence-corrected chi connectivity index (χ4v) is 1.33. The normalized spacial score (nSPS) is 10.0. The van der Waals surface area contributed by atoms with E-state index in [1.165, 1.54) is 18.4 Å². The van der Waals surface area contributed by atoms with Gasteiger partial charge in [0, 0.05) is 12.4 Å². The Balaban J connectivity index is 2.54. The summed E-state index contributed by atoms with van der Waals surface area (Å²) in [4.78, 5) is 20.0. The first kappa shape index (κ1) is 9.94. The van der Waals surface area contributed by atoms with E-state index in [0.717, 1.165) is 5.06 Å². The van der Waals surface area contributed by atoms with Gasteiger partial charge in [-0.3, -0.25) is 9.63 Å². The number of nitrogen functional groups attached to an aromatic ring is 1. The molecule has 0 aliphatic rings. The molecule has 13 heavy (non-hydrogen) atoms. The van der Waals surface area contributed by atoms with Gasteiger partial charge in [-0.25, -0.2) is 10.0 Å². The monoisotopic (exact) mass is 201 g/mol. The van der Waals surface area contributed by atoms with Crippen LogP contribution in [0.1, 0.15) is 5.69 Å². The summed E-state index contributed by atoms with van der Waals surface area (Å²) < 4.78 is 0. The van der Waals surface area contributed by atoms with E-state index in [2.05, 4.69) is 4.98 Å². The van der Waals surface area contributed by atoms with E-state index in [-0.39, 0.29) is 12.3 Å². The zero-order valence-corrected chi connectivity index (χ0v) is 8.30. The molecular weight excluding hydrogens is 190 g/mol. The zero-order valence-electron chi connectivity index (χ0n) is 7.48. The second-order valence-corrected chi connectivity index (χ2v) is 3.32. The highest BCUT2D eigenvalue weighted by molar-refractivity contribution is 7.13. The van der Waals surface area contributed by atoms with E-state index in [0.29, 0.717) is 10.8 Å². The number of nitrogens with two attached hydrogens (primary N) is 1. The molecule has 0 aromatic carbocycles. The van der Waals surface area contributed by atoms with Crippen molar-refractivity contribution >= 4 is 22.4 Å². The van der Waals surface area contributed by atoms with Crippen LogP contribution in [0.2, 0.25) is 0 Å². The number of anilines is 1. The Morgan fingerprint density at radius 3 is 3.00 bits per heavy atom. The van der Waals surface area contributed by atoms with Crippen molar-refractivity contribution in [2.45, 2.75) is 6.42 Å². The molecule has 72 valence electrons. The third-order valence-corrected chi connectivity index (χ3v) is 2.25. The molecule has 2 N–H and O–H groups in total. The van der Waals surface area contributed by atoms with Gasteiger partial charge < -0.3 is 5.73 Å². The minimum absolute atomic E-state index is 0.146. The molecule has 0 spiro atoms. The molecule has 0 radical (unpaired) electrons. The molecule has 0 saturated carbocycles. The molecule has 0 fully saturated rings. The van der Waals surface area contributed by atoms with Gasteiger partial charge in [-0.05, 0) is 0 Å². The number of nitrogens with zero attached hydrogens (tertiary/aromatic N) is 2. The summed E-state index contributed by atoms with van der Waals surface area (Å²) in [5, 5.41) is 3.40. The highest BCUT2D eigenvalue weighted by Crippen LogP contribution is 2.11. The maximum Gasteiger partial charge on any atom is 0.251 e. The van der Waals surface area contributed by atoms with Crippen LogP contribution in [0.3, 0.4) is 0 Å². The molecular formula is C7H11N3O2S. The fourth-order valence-electron chi connectivity index (χ4n) is 0.772. The first-order valence-electron chi connectivity index (χ1n) is 3.64. The van der Waals surface area contributed by atoms with Gasteiger partial charge in [-0.15, -0.1) is 11.3 Å². The van der Waals surface area contributed by atoms with Gasteiger partial charge in [0.25, 0.3) is 5.91 Å². The van der Waals surface area contributed by atoms with E-state index < -0.39 is 0 Å². The third-order valence-electron chi connectivity index (χ3n) is 1.53. The van der Waals surface area contributed by atoms with Crippen LogP contribution in [-0.2, 0) is 16.1 Å². The summed E-state index contributed by atoms with van der Waals surface area (Å²) in [7, 11) is 2.99. The number of amides is 1. The predicted molar refractivity (Wildman–Crippen MR) is 50.0 cm³/mol. The molecule has 0 bridgehead atoms. The van der Waals surface area contributed by atoms with Crippen LogP contribution in [-0.4, -0.2) is 30.1 Å². The molecule has 0 aliphatic heterocycles. The summed E-state index contributed by atoms with van der Waals surface area (Å²) in [6.07, 6.45) is 0.220. The molecule has 5 nitrogen and oxygen atoms in total. The van der Waals surface area contributed by atoms with Crippen LogP contribution in [0.5, 0.6) is 0 Å². The minimum Gasteiger partial charge on any atom is -0.375 e. The topological polar surface area (TPSA) is 68.5 Å². The second-order valence-electron chi connectivity index (χ2n) is 2.43. The molecule has 0 aliphatic carbocycles. The Hall–Kier alpha value is -1.14. The standard InChI is InChI=1S/C7H11N3O2S/c1-10(12-2)6(11)3-5-4-13-7(8)9-5/h4H,3H2,1-2H3,(H2,8,9). The third kappa shape index (κ3) is 2.67.